The molecule has 1 aromatic rings. The second-order valence-corrected chi connectivity index (χ2v) is 6.33. The topological polar surface area (TPSA) is 87.2 Å². The highest BCUT2D eigenvalue weighted by Gasteiger charge is 2.41. The van der Waals surface area contributed by atoms with E-state index in [2.05, 4.69) is 0 Å². The van der Waals surface area contributed by atoms with Gasteiger partial charge in [-0.15, -0.1) is 0 Å². The summed E-state index contributed by atoms with van der Waals surface area (Å²) in [6.45, 7) is 0.751. The molecule has 140 valence electrons. The zero-order chi connectivity index (χ0) is 18.8. The van der Waals surface area contributed by atoms with Crippen molar-refractivity contribution in [3.05, 3.63) is 29.8 Å². The van der Waals surface area contributed by atoms with Gasteiger partial charge in [-0.3, -0.25) is 14.4 Å². The number of carbonyl (C=O) groups is 3. The quantitative estimate of drug-likeness (QED) is 0.802. The number of carboxylic acid groups (broad SMARTS) is 1. The van der Waals surface area contributed by atoms with E-state index >= 15 is 0 Å². The Labute approximate surface area is 148 Å². The van der Waals surface area contributed by atoms with E-state index in [1.165, 1.54) is 9.80 Å². The molecule has 1 aromatic carbocycles. The molecule has 2 amide bonds. The SMILES string of the molecule is O=C(O)C[C@@H]1CN(C(=O)[C@H]2CCN(c3cc(F)cc(F)c3)C2=O)CCO1. The first-order valence-electron chi connectivity index (χ1n) is 8.25. The van der Waals surface area contributed by atoms with Crippen molar-refractivity contribution in [2.24, 2.45) is 5.92 Å². The number of anilines is 1. The van der Waals surface area contributed by atoms with Gasteiger partial charge in [0.25, 0.3) is 0 Å². The van der Waals surface area contributed by atoms with Crippen molar-refractivity contribution in [2.75, 3.05) is 31.1 Å². The zero-order valence-electron chi connectivity index (χ0n) is 13.9. The van der Waals surface area contributed by atoms with E-state index in [-0.39, 0.29) is 44.8 Å². The maximum Gasteiger partial charge on any atom is 0.306 e. The lowest BCUT2D eigenvalue weighted by molar-refractivity contribution is -0.151. The van der Waals surface area contributed by atoms with Crippen LogP contribution in [0.2, 0.25) is 0 Å². The van der Waals surface area contributed by atoms with Gasteiger partial charge >= 0.3 is 5.97 Å². The van der Waals surface area contributed by atoms with Gasteiger partial charge < -0.3 is 19.6 Å². The van der Waals surface area contributed by atoms with Gasteiger partial charge in [-0.25, -0.2) is 8.78 Å². The lowest BCUT2D eigenvalue weighted by atomic mass is 10.1. The summed E-state index contributed by atoms with van der Waals surface area (Å²) in [5.41, 5.74) is 0.0773. The smallest absolute Gasteiger partial charge is 0.306 e. The van der Waals surface area contributed by atoms with E-state index < -0.39 is 41.4 Å². The molecule has 0 spiro atoms. The number of morpholine rings is 1. The molecule has 2 saturated heterocycles. The first kappa shape index (κ1) is 18.2. The van der Waals surface area contributed by atoms with Crippen LogP contribution < -0.4 is 4.90 Å². The number of benzene rings is 1. The molecule has 0 saturated carbocycles. The van der Waals surface area contributed by atoms with Crippen LogP contribution >= 0.6 is 0 Å². The Kier molecular flexibility index (Phi) is 5.17. The summed E-state index contributed by atoms with van der Waals surface area (Å²) in [5, 5.41) is 8.84. The Hall–Kier alpha value is -2.55. The van der Waals surface area contributed by atoms with E-state index in [0.717, 1.165) is 12.1 Å². The van der Waals surface area contributed by atoms with Crippen LogP contribution in [0.4, 0.5) is 14.5 Å². The van der Waals surface area contributed by atoms with E-state index in [9.17, 15) is 23.2 Å². The fourth-order valence-electron chi connectivity index (χ4n) is 3.32. The second-order valence-electron chi connectivity index (χ2n) is 6.33. The number of rotatable bonds is 4. The van der Waals surface area contributed by atoms with Crippen molar-refractivity contribution in [1.29, 1.82) is 0 Å². The number of nitrogens with zero attached hydrogens (tertiary/aromatic N) is 2. The van der Waals surface area contributed by atoms with Crippen LogP contribution in [0.15, 0.2) is 18.2 Å². The molecule has 2 aliphatic heterocycles. The Balaban J connectivity index is 1.69. The first-order chi connectivity index (χ1) is 12.3. The third kappa shape index (κ3) is 3.82. The number of hydrogen-bond donors (Lipinski definition) is 1. The van der Waals surface area contributed by atoms with Crippen LogP contribution in [0, 0.1) is 17.6 Å². The van der Waals surface area contributed by atoms with Crippen LogP contribution in [-0.2, 0) is 19.1 Å². The molecule has 2 fully saturated rings. The molecule has 9 heteroatoms. The minimum Gasteiger partial charge on any atom is -0.481 e. The third-order valence-electron chi connectivity index (χ3n) is 4.52. The lowest BCUT2D eigenvalue weighted by Gasteiger charge is -2.33. The highest BCUT2D eigenvalue weighted by Crippen LogP contribution is 2.28. The van der Waals surface area contributed by atoms with Gasteiger partial charge in [0, 0.05) is 31.4 Å². The molecule has 0 unspecified atom stereocenters. The van der Waals surface area contributed by atoms with E-state index in [0.29, 0.717) is 6.07 Å². The Morgan fingerprint density at radius 2 is 1.88 bits per heavy atom. The van der Waals surface area contributed by atoms with Crippen LogP contribution in [0.25, 0.3) is 0 Å². The predicted octanol–water partition coefficient (Wildman–Crippen LogP) is 1.02. The number of carboxylic acids is 1. The maximum atomic E-state index is 13.4. The summed E-state index contributed by atoms with van der Waals surface area (Å²) in [6, 6.07) is 2.81. The number of carbonyl (C=O) groups excluding carboxylic acids is 2. The molecule has 0 radical (unpaired) electrons. The van der Waals surface area contributed by atoms with Gasteiger partial charge in [0.15, 0.2) is 0 Å². The van der Waals surface area contributed by atoms with Gasteiger partial charge in [0.05, 0.1) is 19.1 Å². The average Bonchev–Trinajstić information content (AvgIpc) is 2.94. The van der Waals surface area contributed by atoms with Crippen molar-refractivity contribution < 1.29 is 33.0 Å². The molecular weight excluding hydrogens is 350 g/mol. The van der Waals surface area contributed by atoms with Crippen LogP contribution in [-0.4, -0.2) is 60.1 Å². The molecule has 0 aliphatic carbocycles. The Morgan fingerprint density at radius 1 is 1.19 bits per heavy atom. The minimum absolute atomic E-state index is 0.0773. The largest absolute Gasteiger partial charge is 0.481 e. The van der Waals surface area contributed by atoms with Gasteiger partial charge in [-0.05, 0) is 18.6 Å². The number of amides is 2. The standard InChI is InChI=1S/C17H18F2N2O5/c18-10-5-11(19)7-12(6-10)21-2-1-14(17(21)25)16(24)20-3-4-26-13(9-20)8-15(22)23/h5-7,13-14H,1-4,8-9H2,(H,22,23)/t13-,14-/m1/s1. The van der Waals surface area contributed by atoms with Gasteiger partial charge in [0.2, 0.25) is 11.8 Å². The Bertz CT molecular complexity index is 722. The number of ether oxygens (including phenoxy) is 1. The van der Waals surface area contributed by atoms with E-state index in [4.69, 9.17) is 9.84 Å². The van der Waals surface area contributed by atoms with Crippen LogP contribution in [0.5, 0.6) is 0 Å². The number of hydrogen-bond acceptors (Lipinski definition) is 4. The summed E-state index contributed by atoms with van der Waals surface area (Å²) in [7, 11) is 0. The summed E-state index contributed by atoms with van der Waals surface area (Å²) < 4.78 is 32.1. The van der Waals surface area contributed by atoms with E-state index in [1.54, 1.807) is 0 Å². The molecule has 3 rings (SSSR count). The highest BCUT2D eigenvalue weighted by atomic mass is 19.1. The van der Waals surface area contributed by atoms with Crippen LogP contribution in [0.1, 0.15) is 12.8 Å². The zero-order valence-corrected chi connectivity index (χ0v) is 13.9. The molecule has 7 nitrogen and oxygen atoms in total. The summed E-state index contributed by atoms with van der Waals surface area (Å²) >= 11 is 0. The predicted molar refractivity (Wildman–Crippen MR) is 85.4 cm³/mol. The molecule has 0 aromatic heterocycles. The fraction of sp³-hybridized carbons (Fsp3) is 0.471. The highest BCUT2D eigenvalue weighted by molar-refractivity contribution is 6.09. The summed E-state index contributed by atoms with van der Waals surface area (Å²) in [5.74, 6) is -4.49. The molecule has 26 heavy (non-hydrogen) atoms. The van der Waals surface area contributed by atoms with Crippen molar-refractivity contribution in [3.63, 3.8) is 0 Å². The third-order valence-corrected chi connectivity index (χ3v) is 4.52. The Morgan fingerprint density at radius 3 is 2.54 bits per heavy atom. The summed E-state index contributed by atoms with van der Waals surface area (Å²) in [4.78, 5) is 38.7. The van der Waals surface area contributed by atoms with Crippen LogP contribution in [0.3, 0.4) is 0 Å². The molecule has 2 aliphatic rings. The molecular formula is C17H18F2N2O5. The van der Waals surface area contributed by atoms with E-state index in [1.807, 2.05) is 0 Å². The van der Waals surface area contributed by atoms with Crippen molar-refractivity contribution in [2.45, 2.75) is 18.9 Å². The van der Waals surface area contributed by atoms with Crippen molar-refractivity contribution >= 4 is 23.5 Å². The van der Waals surface area contributed by atoms with Crippen molar-refractivity contribution in [1.82, 2.24) is 4.90 Å². The fourth-order valence-corrected chi connectivity index (χ4v) is 3.32. The van der Waals surface area contributed by atoms with Gasteiger partial charge in [0.1, 0.15) is 17.6 Å². The normalized spacial score (nSPS) is 23.4. The maximum absolute atomic E-state index is 13.4. The minimum atomic E-state index is -1.03. The lowest BCUT2D eigenvalue weighted by Crippen LogP contribution is -2.49. The molecule has 0 bridgehead atoms. The number of halogens is 2. The van der Waals surface area contributed by atoms with Crippen molar-refractivity contribution in [3.8, 4) is 0 Å². The molecule has 1 N–H and O–H groups in total. The average molecular weight is 368 g/mol. The monoisotopic (exact) mass is 368 g/mol. The summed E-state index contributed by atoms with van der Waals surface area (Å²) in [6.07, 6.45) is -0.608. The number of aliphatic carboxylic acids is 1. The van der Waals surface area contributed by atoms with Gasteiger partial charge in [-0.2, -0.15) is 0 Å². The first-order valence-corrected chi connectivity index (χ1v) is 8.25. The second kappa shape index (κ2) is 7.36. The van der Waals surface area contributed by atoms with Gasteiger partial charge in [-0.1, -0.05) is 0 Å². The molecule has 2 atom stereocenters. The molecule has 2 heterocycles.